The number of carbonyl (C=O) groups excluding carboxylic acids is 1. The van der Waals surface area contributed by atoms with Gasteiger partial charge in [-0.1, -0.05) is 60.7 Å². The lowest BCUT2D eigenvalue weighted by Gasteiger charge is -2.47. The van der Waals surface area contributed by atoms with Crippen molar-refractivity contribution in [2.45, 2.75) is 76.0 Å². The summed E-state index contributed by atoms with van der Waals surface area (Å²) in [4.78, 5) is 19.2. The molecule has 5 rings (SSSR count). The number of piperidine rings is 1. The highest BCUT2D eigenvalue weighted by Gasteiger charge is 2.54. The number of amides is 1. The third kappa shape index (κ3) is 6.50. The first-order valence-electron chi connectivity index (χ1n) is 13.9. The Hall–Kier alpha value is -3.59. The van der Waals surface area contributed by atoms with Crippen LogP contribution in [0.5, 0.6) is 5.88 Å². The first-order chi connectivity index (χ1) is 19.5. The van der Waals surface area contributed by atoms with Gasteiger partial charge < -0.3 is 14.2 Å². The molecular formula is C32H35F3N2O4. The van der Waals surface area contributed by atoms with E-state index in [0.29, 0.717) is 31.4 Å². The number of ether oxygens (including phenoxy) is 3. The molecular weight excluding hydrogens is 533 g/mol. The van der Waals surface area contributed by atoms with Gasteiger partial charge in [0.2, 0.25) is 5.88 Å². The highest BCUT2D eigenvalue weighted by molar-refractivity contribution is 5.69. The molecule has 218 valence electrons. The number of hydrogen-bond acceptors (Lipinski definition) is 5. The molecule has 0 N–H and O–H groups in total. The molecule has 2 fully saturated rings. The number of nitrogens with zero attached hydrogens (tertiary/aromatic N) is 2. The number of benzene rings is 2. The molecule has 0 aliphatic carbocycles. The number of aromatic nitrogens is 1. The predicted octanol–water partition coefficient (Wildman–Crippen LogP) is 7.69. The van der Waals surface area contributed by atoms with E-state index in [-0.39, 0.29) is 19.1 Å². The van der Waals surface area contributed by atoms with Gasteiger partial charge in [0.05, 0.1) is 23.8 Å². The Morgan fingerprint density at radius 3 is 2.41 bits per heavy atom. The van der Waals surface area contributed by atoms with Crippen LogP contribution in [0, 0.1) is 0 Å². The minimum atomic E-state index is -4.55. The van der Waals surface area contributed by atoms with Crippen LogP contribution in [0.2, 0.25) is 0 Å². The van der Waals surface area contributed by atoms with Gasteiger partial charge in [0.1, 0.15) is 12.2 Å². The summed E-state index contributed by atoms with van der Waals surface area (Å²) in [6.45, 7) is 6.30. The first kappa shape index (κ1) is 28.9. The predicted molar refractivity (Wildman–Crippen MR) is 147 cm³/mol. The molecule has 0 bridgehead atoms. The molecule has 41 heavy (non-hydrogen) atoms. The van der Waals surface area contributed by atoms with Gasteiger partial charge in [-0.3, -0.25) is 4.90 Å². The monoisotopic (exact) mass is 568 g/mol. The molecule has 3 heterocycles. The zero-order chi connectivity index (χ0) is 29.3. The van der Waals surface area contributed by atoms with E-state index >= 15 is 0 Å². The fraction of sp³-hybridized carbons (Fsp3) is 0.438. The summed E-state index contributed by atoms with van der Waals surface area (Å²) in [6, 6.07) is 19.7. The second-order valence-corrected chi connectivity index (χ2v) is 11.8. The average molecular weight is 569 g/mol. The van der Waals surface area contributed by atoms with Crippen molar-refractivity contribution in [2.75, 3.05) is 13.2 Å². The lowest BCUT2D eigenvalue weighted by Crippen LogP contribution is -2.53. The van der Waals surface area contributed by atoms with Crippen LogP contribution in [0.25, 0.3) is 0 Å². The fourth-order valence-electron chi connectivity index (χ4n) is 5.86. The van der Waals surface area contributed by atoms with E-state index in [4.69, 9.17) is 14.2 Å². The molecule has 0 saturated carbocycles. The van der Waals surface area contributed by atoms with Gasteiger partial charge in [-0.05, 0) is 57.2 Å². The van der Waals surface area contributed by atoms with E-state index in [1.54, 1.807) is 4.90 Å². The summed E-state index contributed by atoms with van der Waals surface area (Å²) < 4.78 is 59.6. The fourth-order valence-corrected chi connectivity index (χ4v) is 5.86. The number of rotatable bonds is 5. The largest absolute Gasteiger partial charge is 0.473 e. The summed E-state index contributed by atoms with van der Waals surface area (Å²) >= 11 is 0. The van der Waals surface area contributed by atoms with Crippen molar-refractivity contribution in [1.29, 1.82) is 0 Å². The van der Waals surface area contributed by atoms with E-state index in [9.17, 15) is 18.0 Å². The van der Waals surface area contributed by atoms with Crippen LogP contribution in [0.3, 0.4) is 0 Å². The number of alkyl halides is 3. The molecule has 2 aromatic carbocycles. The van der Waals surface area contributed by atoms with Gasteiger partial charge in [-0.25, -0.2) is 9.78 Å². The molecule has 9 heteroatoms. The van der Waals surface area contributed by atoms with Gasteiger partial charge in [-0.15, -0.1) is 0 Å². The molecule has 1 aromatic heterocycles. The zero-order valence-electron chi connectivity index (χ0n) is 23.5. The highest BCUT2D eigenvalue weighted by atomic mass is 19.4. The molecule has 2 saturated heterocycles. The van der Waals surface area contributed by atoms with Crippen LogP contribution < -0.4 is 4.74 Å². The molecule has 3 atom stereocenters. The van der Waals surface area contributed by atoms with Gasteiger partial charge in [0, 0.05) is 24.2 Å². The molecule has 6 nitrogen and oxygen atoms in total. The van der Waals surface area contributed by atoms with E-state index in [2.05, 4.69) is 4.98 Å². The number of pyridine rings is 1. The Morgan fingerprint density at radius 2 is 1.76 bits per heavy atom. The van der Waals surface area contributed by atoms with Crippen LogP contribution in [0.1, 0.15) is 74.2 Å². The van der Waals surface area contributed by atoms with Crippen LogP contribution >= 0.6 is 0 Å². The number of likely N-dealkylation sites (tertiary alicyclic amines) is 1. The Labute approximate surface area is 238 Å². The first-order valence-corrected chi connectivity index (χ1v) is 13.9. The van der Waals surface area contributed by atoms with Crippen LogP contribution in [-0.2, 0) is 22.3 Å². The van der Waals surface area contributed by atoms with Crippen molar-refractivity contribution in [3.05, 3.63) is 95.2 Å². The van der Waals surface area contributed by atoms with Crippen molar-refractivity contribution in [3.8, 4) is 5.88 Å². The Kier molecular flexibility index (Phi) is 8.01. The number of carbonyl (C=O) groups is 1. The smallest absolute Gasteiger partial charge is 0.417 e. The zero-order valence-corrected chi connectivity index (χ0v) is 23.5. The lowest BCUT2D eigenvalue weighted by atomic mass is 9.76. The van der Waals surface area contributed by atoms with Gasteiger partial charge >= 0.3 is 12.3 Å². The van der Waals surface area contributed by atoms with Gasteiger partial charge in [-0.2, -0.15) is 13.2 Å². The number of halogens is 3. The maximum atomic E-state index is 13.8. The summed E-state index contributed by atoms with van der Waals surface area (Å²) in [5, 5.41) is 0. The molecule has 2 aliphatic heterocycles. The Morgan fingerprint density at radius 1 is 1.07 bits per heavy atom. The lowest BCUT2D eigenvalue weighted by molar-refractivity contribution is -0.137. The minimum Gasteiger partial charge on any atom is -0.473 e. The van der Waals surface area contributed by atoms with E-state index < -0.39 is 41.0 Å². The molecule has 2 aliphatic rings. The van der Waals surface area contributed by atoms with Crippen molar-refractivity contribution in [1.82, 2.24) is 9.88 Å². The van der Waals surface area contributed by atoms with E-state index in [1.165, 1.54) is 0 Å². The third-order valence-corrected chi connectivity index (χ3v) is 7.58. The van der Waals surface area contributed by atoms with Gasteiger partial charge in [0.25, 0.3) is 0 Å². The maximum Gasteiger partial charge on any atom is 0.417 e. The topological polar surface area (TPSA) is 60.9 Å². The third-order valence-electron chi connectivity index (χ3n) is 7.58. The molecule has 1 spiro atoms. The normalized spacial score (nSPS) is 23.0. The standard InChI is InChI=1S/C32H35F3N2O4/c1-30(2,3)41-29(38)37-16-10-15-31(27(37)23-13-8-5-9-14-23)18-24(21-40-31)26-17-25(32(33,34)35)19-36-28(26)39-20-22-11-6-4-7-12-22/h4-9,11-14,17,19,24,27H,10,15-16,18,20-21H2,1-3H3/t24-,27-,31+/m0/s1. The van der Waals surface area contributed by atoms with Crippen molar-refractivity contribution >= 4 is 6.09 Å². The van der Waals surface area contributed by atoms with Crippen LogP contribution in [-0.4, -0.2) is 40.3 Å². The second-order valence-electron chi connectivity index (χ2n) is 11.8. The number of hydrogen-bond donors (Lipinski definition) is 0. The second kappa shape index (κ2) is 11.4. The summed E-state index contributed by atoms with van der Waals surface area (Å²) in [5.74, 6) is -0.260. The summed E-state index contributed by atoms with van der Waals surface area (Å²) in [6.07, 6.45) is -2.46. The molecule has 0 radical (unpaired) electrons. The highest BCUT2D eigenvalue weighted by Crippen LogP contribution is 2.52. The molecule has 3 aromatic rings. The van der Waals surface area contributed by atoms with Crippen molar-refractivity contribution < 1.29 is 32.2 Å². The summed E-state index contributed by atoms with van der Waals surface area (Å²) in [5.41, 5.74) is -0.207. The Bertz CT molecular complexity index is 1340. The summed E-state index contributed by atoms with van der Waals surface area (Å²) in [7, 11) is 0. The van der Waals surface area contributed by atoms with Crippen LogP contribution in [0.15, 0.2) is 72.9 Å². The quantitative estimate of drug-likeness (QED) is 0.316. The van der Waals surface area contributed by atoms with E-state index in [1.807, 2.05) is 81.4 Å². The Balaban J connectivity index is 1.49. The SMILES string of the molecule is CC(C)(C)OC(=O)N1CCC[C@@]2(C[C@H](c3cc(C(F)(F)F)cnc3OCc3ccccc3)CO2)[C@@H]1c1ccccc1. The minimum absolute atomic E-state index is 0.156. The molecule has 1 amide bonds. The van der Waals surface area contributed by atoms with Gasteiger partial charge in [0.15, 0.2) is 0 Å². The molecule has 0 unspecified atom stereocenters. The van der Waals surface area contributed by atoms with Crippen LogP contribution in [0.4, 0.5) is 18.0 Å². The maximum absolute atomic E-state index is 13.8. The van der Waals surface area contributed by atoms with E-state index in [0.717, 1.165) is 23.4 Å². The van der Waals surface area contributed by atoms with Crippen molar-refractivity contribution in [3.63, 3.8) is 0 Å². The van der Waals surface area contributed by atoms with Crippen molar-refractivity contribution in [2.24, 2.45) is 0 Å². The average Bonchev–Trinajstić information content (AvgIpc) is 3.35.